The fourth-order valence-corrected chi connectivity index (χ4v) is 3.62. The van der Waals surface area contributed by atoms with Gasteiger partial charge in [0.15, 0.2) is 0 Å². The maximum atomic E-state index is 13.5. The molecular formula is C16H22BrCl2F3N2O. The average molecular weight is 466 g/mol. The molecule has 1 aliphatic heterocycles. The van der Waals surface area contributed by atoms with Gasteiger partial charge in [0.05, 0.1) is 10.0 Å². The molecule has 0 bridgehead atoms. The van der Waals surface area contributed by atoms with E-state index in [4.69, 9.17) is 0 Å². The number of hydrogen-bond donors (Lipinski definition) is 2. The molecule has 1 atom stereocenters. The van der Waals surface area contributed by atoms with Crippen molar-refractivity contribution in [3.05, 3.63) is 27.7 Å². The maximum Gasteiger partial charge on any atom is 0.416 e. The topological polar surface area (TPSA) is 35.5 Å². The fraction of sp³-hybridized carbons (Fsp3) is 0.625. The summed E-state index contributed by atoms with van der Waals surface area (Å²) in [6.07, 6.45) is -1.66. The molecule has 0 amide bonds. The number of halogens is 6. The maximum absolute atomic E-state index is 13.5. The van der Waals surface area contributed by atoms with Gasteiger partial charge in [-0.2, -0.15) is 13.2 Å². The molecule has 0 radical (unpaired) electrons. The number of piperazine rings is 1. The van der Waals surface area contributed by atoms with Crippen molar-refractivity contribution in [2.24, 2.45) is 5.92 Å². The molecule has 9 heteroatoms. The zero-order chi connectivity index (χ0) is 16.6. The Morgan fingerprint density at radius 1 is 1.20 bits per heavy atom. The Kier molecular flexibility index (Phi) is 8.34. The number of nitrogens with zero attached hydrogens (tertiary/aromatic N) is 1. The molecule has 0 spiro atoms. The Morgan fingerprint density at radius 2 is 1.80 bits per heavy atom. The number of phenols is 1. The summed E-state index contributed by atoms with van der Waals surface area (Å²) in [4.78, 5) is 2.07. The molecule has 1 aromatic carbocycles. The normalized spacial score (nSPS) is 19.7. The zero-order valence-electron chi connectivity index (χ0n) is 13.5. The van der Waals surface area contributed by atoms with Gasteiger partial charge < -0.3 is 10.4 Å². The molecule has 0 aromatic heterocycles. The van der Waals surface area contributed by atoms with Gasteiger partial charge in [-0.25, -0.2) is 0 Å². The van der Waals surface area contributed by atoms with Gasteiger partial charge in [-0.15, -0.1) is 24.8 Å². The lowest BCUT2D eigenvalue weighted by atomic mass is 9.93. The van der Waals surface area contributed by atoms with Gasteiger partial charge in [0.1, 0.15) is 5.75 Å². The zero-order valence-corrected chi connectivity index (χ0v) is 16.7. The second-order valence-electron chi connectivity index (χ2n) is 6.34. The predicted octanol–water partition coefficient (Wildman–Crippen LogP) is 4.76. The van der Waals surface area contributed by atoms with Crippen molar-refractivity contribution in [1.29, 1.82) is 0 Å². The van der Waals surface area contributed by atoms with E-state index >= 15 is 0 Å². The number of benzene rings is 1. The van der Waals surface area contributed by atoms with Crippen LogP contribution >= 0.6 is 40.7 Å². The van der Waals surface area contributed by atoms with Crippen LogP contribution in [0.3, 0.4) is 0 Å². The molecule has 2 fully saturated rings. The minimum absolute atomic E-state index is 0. The van der Waals surface area contributed by atoms with E-state index < -0.39 is 17.8 Å². The van der Waals surface area contributed by atoms with Gasteiger partial charge in [0.25, 0.3) is 0 Å². The summed E-state index contributed by atoms with van der Waals surface area (Å²) in [5, 5.41) is 13.6. The molecule has 1 aromatic rings. The summed E-state index contributed by atoms with van der Waals surface area (Å²) >= 11 is 3.17. The Morgan fingerprint density at radius 3 is 2.32 bits per heavy atom. The third kappa shape index (κ3) is 5.39. The van der Waals surface area contributed by atoms with Gasteiger partial charge in [-0.05, 0) is 40.4 Å². The highest BCUT2D eigenvalue weighted by Crippen LogP contribution is 2.48. The monoisotopic (exact) mass is 464 g/mol. The Hall–Kier alpha value is -0.210. The van der Waals surface area contributed by atoms with Crippen LogP contribution in [0.2, 0.25) is 0 Å². The van der Waals surface area contributed by atoms with E-state index in [1.165, 1.54) is 6.07 Å². The first-order valence-corrected chi connectivity index (χ1v) is 8.70. The van der Waals surface area contributed by atoms with Crippen LogP contribution in [0.4, 0.5) is 13.2 Å². The van der Waals surface area contributed by atoms with Crippen LogP contribution in [0.1, 0.15) is 36.4 Å². The highest BCUT2D eigenvalue weighted by atomic mass is 79.9. The van der Waals surface area contributed by atoms with Crippen LogP contribution < -0.4 is 5.32 Å². The summed E-state index contributed by atoms with van der Waals surface area (Å²) in [6, 6.07) is 1.95. The smallest absolute Gasteiger partial charge is 0.416 e. The first-order chi connectivity index (χ1) is 10.9. The van der Waals surface area contributed by atoms with Gasteiger partial charge in [-0.1, -0.05) is 12.8 Å². The van der Waals surface area contributed by atoms with Crippen LogP contribution in [0.15, 0.2) is 16.6 Å². The fourth-order valence-electron chi connectivity index (χ4n) is 3.28. The lowest BCUT2D eigenvalue weighted by Gasteiger charge is -2.37. The highest BCUT2D eigenvalue weighted by molar-refractivity contribution is 9.10. The first-order valence-electron chi connectivity index (χ1n) is 7.91. The third-order valence-corrected chi connectivity index (χ3v) is 5.29. The van der Waals surface area contributed by atoms with Crippen LogP contribution in [0, 0.1) is 5.92 Å². The molecule has 25 heavy (non-hydrogen) atoms. The predicted molar refractivity (Wildman–Crippen MR) is 99.8 cm³/mol. The molecule has 0 unspecified atom stereocenters. The standard InChI is InChI=1S/C16H20BrF3N2O.2ClH/c17-12-4-3-11(16(18,19)20)14(15(12)23)13(9-10-1-2-10)22-7-5-21-6-8-22;;/h3-4,10,13,21,23H,1-2,5-9H2;2*1H/t13-;;/m0../s1. The van der Waals surface area contributed by atoms with Crippen molar-refractivity contribution < 1.29 is 18.3 Å². The second-order valence-corrected chi connectivity index (χ2v) is 7.19. The molecule has 1 aliphatic carbocycles. The molecule has 1 heterocycles. The van der Waals surface area contributed by atoms with Crippen LogP contribution in [0.25, 0.3) is 0 Å². The van der Waals surface area contributed by atoms with Crippen LogP contribution in [0.5, 0.6) is 5.75 Å². The number of aromatic hydroxyl groups is 1. The largest absolute Gasteiger partial charge is 0.506 e. The SMILES string of the molecule is Cl.Cl.Oc1c(Br)ccc(C(F)(F)F)c1[C@H](CC1CC1)N1CCNCC1. The van der Waals surface area contributed by atoms with E-state index in [-0.39, 0.29) is 36.1 Å². The number of phenolic OH excluding ortho intramolecular Hbond substituents is 1. The van der Waals surface area contributed by atoms with Crippen molar-refractivity contribution in [2.45, 2.75) is 31.5 Å². The van der Waals surface area contributed by atoms with E-state index in [0.29, 0.717) is 29.9 Å². The molecule has 144 valence electrons. The summed E-state index contributed by atoms with van der Waals surface area (Å²) in [5.41, 5.74) is -0.692. The second kappa shape index (κ2) is 9.13. The number of nitrogens with one attached hydrogen (secondary N) is 1. The number of rotatable bonds is 4. The molecule has 2 N–H and O–H groups in total. The summed E-state index contributed by atoms with van der Waals surface area (Å²) in [6.45, 7) is 2.91. The molecule has 1 saturated carbocycles. The van der Waals surface area contributed by atoms with Gasteiger partial charge in [0, 0.05) is 37.8 Å². The molecular weight excluding hydrogens is 444 g/mol. The Labute approximate surface area is 166 Å². The minimum atomic E-state index is -4.47. The van der Waals surface area contributed by atoms with Crippen LogP contribution in [-0.2, 0) is 6.18 Å². The minimum Gasteiger partial charge on any atom is -0.506 e. The van der Waals surface area contributed by atoms with Gasteiger partial charge in [0.2, 0.25) is 0 Å². The van der Waals surface area contributed by atoms with E-state index in [0.717, 1.165) is 32.0 Å². The average Bonchev–Trinajstić information content (AvgIpc) is 3.32. The lowest BCUT2D eigenvalue weighted by molar-refractivity contribution is -0.139. The lowest BCUT2D eigenvalue weighted by Crippen LogP contribution is -2.45. The van der Waals surface area contributed by atoms with E-state index in [1.807, 2.05) is 0 Å². The summed E-state index contributed by atoms with van der Waals surface area (Å²) < 4.78 is 40.8. The van der Waals surface area contributed by atoms with Gasteiger partial charge in [-0.3, -0.25) is 4.90 Å². The van der Waals surface area contributed by atoms with Gasteiger partial charge >= 0.3 is 6.18 Å². The first kappa shape index (κ1) is 22.8. The van der Waals surface area contributed by atoms with Crippen molar-refractivity contribution in [3.63, 3.8) is 0 Å². The Bertz CT molecular complexity index is 579. The molecule has 1 saturated heterocycles. The highest BCUT2D eigenvalue weighted by Gasteiger charge is 2.40. The van der Waals surface area contributed by atoms with E-state index in [2.05, 4.69) is 26.1 Å². The van der Waals surface area contributed by atoms with Crippen molar-refractivity contribution in [1.82, 2.24) is 10.2 Å². The Balaban J connectivity index is 0.00000156. The number of alkyl halides is 3. The summed E-state index contributed by atoms with van der Waals surface area (Å²) in [5.74, 6) is 0.193. The quantitative estimate of drug-likeness (QED) is 0.672. The van der Waals surface area contributed by atoms with E-state index in [1.54, 1.807) is 0 Å². The van der Waals surface area contributed by atoms with Crippen LogP contribution in [-0.4, -0.2) is 36.2 Å². The molecule has 2 aliphatic rings. The van der Waals surface area contributed by atoms with Crippen molar-refractivity contribution in [2.75, 3.05) is 26.2 Å². The number of hydrogen-bond acceptors (Lipinski definition) is 3. The third-order valence-electron chi connectivity index (χ3n) is 4.65. The van der Waals surface area contributed by atoms with E-state index in [9.17, 15) is 18.3 Å². The molecule has 3 nitrogen and oxygen atoms in total. The summed E-state index contributed by atoms with van der Waals surface area (Å²) in [7, 11) is 0. The van der Waals surface area contributed by atoms with Crippen molar-refractivity contribution in [3.8, 4) is 5.75 Å². The molecule has 3 rings (SSSR count). The van der Waals surface area contributed by atoms with Crippen molar-refractivity contribution >= 4 is 40.7 Å².